The molecule has 0 aliphatic heterocycles. The molecule has 0 radical (unpaired) electrons. The van der Waals surface area contributed by atoms with Crippen molar-refractivity contribution in [3.63, 3.8) is 0 Å². The highest BCUT2D eigenvalue weighted by Crippen LogP contribution is 2.16. The smallest absolute Gasteiger partial charge is 0.190 e. The Morgan fingerprint density at radius 2 is 1.77 bits per heavy atom. The fraction of sp³-hybridized carbons (Fsp3) is 0.167. The average molecular weight is 297 g/mol. The Morgan fingerprint density at radius 1 is 1.14 bits per heavy atom. The summed E-state index contributed by atoms with van der Waals surface area (Å²) in [4.78, 5) is 12.1. The van der Waals surface area contributed by atoms with Crippen LogP contribution in [0, 0.1) is 0 Å². The molecule has 0 fully saturated rings. The van der Waals surface area contributed by atoms with Gasteiger partial charge in [0.2, 0.25) is 0 Å². The first-order valence-corrected chi connectivity index (χ1v) is 6.98. The van der Waals surface area contributed by atoms with Crippen LogP contribution in [-0.2, 0) is 6.61 Å². The first kappa shape index (κ1) is 15.8. The summed E-state index contributed by atoms with van der Waals surface area (Å²) in [5.74, 6) is 0.580. The molecule has 2 aromatic carbocycles. The highest BCUT2D eigenvalue weighted by Gasteiger charge is 2.08. The molecular weight excluding hydrogens is 278 g/mol. The average Bonchev–Trinajstić information content (AvgIpc) is 2.53. The van der Waals surface area contributed by atoms with Gasteiger partial charge in [0.05, 0.1) is 0 Å². The molecule has 0 amide bonds. The van der Waals surface area contributed by atoms with Gasteiger partial charge in [-0.25, -0.2) is 0 Å². The fourth-order valence-corrected chi connectivity index (χ4v) is 2.01. The maximum atomic E-state index is 12.1. The number of benzene rings is 2. The van der Waals surface area contributed by atoms with E-state index in [1.165, 1.54) is 13.2 Å². The summed E-state index contributed by atoms with van der Waals surface area (Å²) >= 11 is 0. The molecule has 0 saturated heterocycles. The number of hydrogen-bond acceptors (Lipinski definition) is 4. The number of carbonyl (C=O) groups excluding carboxylic acids is 1. The van der Waals surface area contributed by atoms with Crippen molar-refractivity contribution in [3.8, 4) is 5.75 Å². The first-order chi connectivity index (χ1) is 10.6. The van der Waals surface area contributed by atoms with Gasteiger partial charge in [-0.1, -0.05) is 30.3 Å². The van der Waals surface area contributed by atoms with E-state index in [0.29, 0.717) is 23.5 Å². The number of allylic oxidation sites excluding steroid dienone is 1. The van der Waals surface area contributed by atoms with Gasteiger partial charge < -0.3 is 4.74 Å². The van der Waals surface area contributed by atoms with Gasteiger partial charge in [-0.15, -0.1) is 0 Å². The molecule has 1 N–H and O–H groups in total. The number of carbonyl (C=O) groups is 1. The van der Waals surface area contributed by atoms with Gasteiger partial charge in [0.15, 0.2) is 5.78 Å². The van der Waals surface area contributed by atoms with Crippen LogP contribution >= 0.6 is 0 Å². The van der Waals surface area contributed by atoms with Gasteiger partial charge in [-0.05, 0) is 36.8 Å². The zero-order chi connectivity index (χ0) is 15.9. The molecule has 114 valence electrons. The van der Waals surface area contributed by atoms with Crippen molar-refractivity contribution in [2.24, 2.45) is 0 Å². The third kappa shape index (κ3) is 4.46. The van der Waals surface area contributed by atoms with Gasteiger partial charge in [0.1, 0.15) is 12.4 Å². The zero-order valence-corrected chi connectivity index (χ0v) is 12.7. The molecule has 4 heteroatoms. The molecule has 0 spiro atoms. The van der Waals surface area contributed by atoms with Crippen LogP contribution in [0.1, 0.15) is 22.8 Å². The Morgan fingerprint density at radius 3 is 2.36 bits per heavy atom. The molecule has 0 aliphatic rings. The molecule has 2 aromatic rings. The molecule has 0 bridgehead atoms. The minimum absolute atomic E-state index is 0.129. The van der Waals surface area contributed by atoms with Crippen molar-refractivity contribution < 1.29 is 14.7 Å². The summed E-state index contributed by atoms with van der Waals surface area (Å²) in [5, 5.41) is 9.99. The monoisotopic (exact) mass is 297 g/mol. The number of hydrogen-bond donors (Lipinski definition) is 1. The normalized spacial score (nSPS) is 11.1. The molecule has 0 unspecified atom stereocenters. The van der Waals surface area contributed by atoms with E-state index in [1.807, 2.05) is 30.3 Å². The van der Waals surface area contributed by atoms with Crippen LogP contribution in [0.25, 0.3) is 0 Å². The lowest BCUT2D eigenvalue weighted by Gasteiger charge is -2.08. The standard InChI is InChI=1S/C18H19NO3/c1-14(12-19(2)21)18(20)16-8-10-17(11-9-16)22-13-15-6-4-3-5-7-15/h3-12,21H,13H2,1-2H3/b14-12-. The zero-order valence-electron chi connectivity index (χ0n) is 12.7. The predicted molar refractivity (Wildman–Crippen MR) is 84.9 cm³/mol. The minimum atomic E-state index is -0.129. The van der Waals surface area contributed by atoms with Gasteiger partial charge in [-0.2, -0.15) is 0 Å². The number of rotatable bonds is 6. The van der Waals surface area contributed by atoms with Gasteiger partial charge in [-0.3, -0.25) is 15.1 Å². The number of hydroxylamine groups is 2. The number of ether oxygens (including phenoxy) is 1. The lowest BCUT2D eigenvalue weighted by atomic mass is 10.1. The maximum absolute atomic E-state index is 12.1. The van der Waals surface area contributed by atoms with E-state index in [4.69, 9.17) is 9.94 Å². The highest BCUT2D eigenvalue weighted by atomic mass is 16.5. The van der Waals surface area contributed by atoms with Crippen LogP contribution < -0.4 is 4.74 Å². The van der Waals surface area contributed by atoms with E-state index in [1.54, 1.807) is 31.2 Å². The summed E-state index contributed by atoms with van der Waals surface area (Å²) in [6.45, 7) is 2.15. The Balaban J connectivity index is 2.00. The molecule has 0 atom stereocenters. The van der Waals surface area contributed by atoms with Crippen molar-refractivity contribution >= 4 is 5.78 Å². The quantitative estimate of drug-likeness (QED) is 0.502. The van der Waals surface area contributed by atoms with E-state index in [0.717, 1.165) is 10.6 Å². The number of ketones is 1. The Hall–Kier alpha value is -2.59. The Labute approximate surface area is 130 Å². The lowest BCUT2D eigenvalue weighted by molar-refractivity contribution is -0.0138. The van der Waals surface area contributed by atoms with Crippen LogP contribution in [0.15, 0.2) is 66.4 Å². The molecular formula is C18H19NO3. The highest BCUT2D eigenvalue weighted by molar-refractivity contribution is 6.08. The third-order valence-corrected chi connectivity index (χ3v) is 3.10. The second-order valence-corrected chi connectivity index (χ2v) is 5.01. The molecule has 2 rings (SSSR count). The predicted octanol–water partition coefficient (Wildman–Crippen LogP) is 3.67. The largest absolute Gasteiger partial charge is 0.489 e. The van der Waals surface area contributed by atoms with Crippen LogP contribution in [0.4, 0.5) is 0 Å². The first-order valence-electron chi connectivity index (χ1n) is 6.98. The van der Waals surface area contributed by atoms with E-state index in [-0.39, 0.29) is 5.78 Å². The lowest BCUT2D eigenvalue weighted by Crippen LogP contribution is -2.08. The molecule has 0 heterocycles. The van der Waals surface area contributed by atoms with Gasteiger partial charge in [0, 0.05) is 24.4 Å². The van der Waals surface area contributed by atoms with Crippen molar-refractivity contribution in [1.29, 1.82) is 0 Å². The SMILES string of the molecule is C/C(=C/N(C)O)C(=O)c1ccc(OCc2ccccc2)cc1. The van der Waals surface area contributed by atoms with Crippen LogP contribution in [-0.4, -0.2) is 23.1 Å². The van der Waals surface area contributed by atoms with Gasteiger partial charge in [0.25, 0.3) is 0 Å². The van der Waals surface area contributed by atoms with E-state index in [9.17, 15) is 4.79 Å². The van der Waals surface area contributed by atoms with Crippen LogP contribution in [0.5, 0.6) is 5.75 Å². The summed E-state index contributed by atoms with van der Waals surface area (Å²) in [5.41, 5.74) is 2.11. The van der Waals surface area contributed by atoms with E-state index >= 15 is 0 Å². The third-order valence-electron chi connectivity index (χ3n) is 3.10. The van der Waals surface area contributed by atoms with Crippen molar-refractivity contribution in [2.45, 2.75) is 13.5 Å². The summed E-state index contributed by atoms with van der Waals surface area (Å²) in [6.07, 6.45) is 1.38. The van der Waals surface area contributed by atoms with Crippen LogP contribution in [0.3, 0.4) is 0 Å². The van der Waals surface area contributed by atoms with Crippen LogP contribution in [0.2, 0.25) is 0 Å². The summed E-state index contributed by atoms with van der Waals surface area (Å²) < 4.78 is 5.68. The second kappa shape index (κ2) is 7.43. The van der Waals surface area contributed by atoms with Gasteiger partial charge >= 0.3 is 0 Å². The molecule has 0 aromatic heterocycles. The topological polar surface area (TPSA) is 49.8 Å². The fourth-order valence-electron chi connectivity index (χ4n) is 2.01. The van der Waals surface area contributed by atoms with Crippen molar-refractivity contribution in [2.75, 3.05) is 7.05 Å². The molecule has 0 aliphatic carbocycles. The van der Waals surface area contributed by atoms with E-state index < -0.39 is 0 Å². The van der Waals surface area contributed by atoms with Crippen molar-refractivity contribution in [1.82, 2.24) is 5.06 Å². The maximum Gasteiger partial charge on any atom is 0.190 e. The Bertz CT molecular complexity index is 646. The number of Topliss-reactive ketones (excluding diaryl/α,β-unsaturated/α-hetero) is 1. The summed E-state index contributed by atoms with van der Waals surface area (Å²) in [6, 6.07) is 16.9. The van der Waals surface area contributed by atoms with Crippen molar-refractivity contribution in [3.05, 3.63) is 77.5 Å². The molecule has 4 nitrogen and oxygen atoms in total. The molecule has 0 saturated carbocycles. The molecule has 22 heavy (non-hydrogen) atoms. The minimum Gasteiger partial charge on any atom is -0.489 e. The number of nitrogens with zero attached hydrogens (tertiary/aromatic N) is 1. The second-order valence-electron chi connectivity index (χ2n) is 5.01. The summed E-state index contributed by atoms with van der Waals surface area (Å²) in [7, 11) is 1.46. The Kier molecular flexibility index (Phi) is 5.33. The van der Waals surface area contributed by atoms with E-state index in [2.05, 4.69) is 0 Å².